The molecule has 0 aliphatic carbocycles. The van der Waals surface area contributed by atoms with Crippen molar-refractivity contribution in [3.8, 4) is 0 Å². The van der Waals surface area contributed by atoms with Crippen molar-refractivity contribution in [3.63, 3.8) is 0 Å². The minimum atomic E-state index is -0.310. The van der Waals surface area contributed by atoms with E-state index in [9.17, 15) is 4.79 Å². The van der Waals surface area contributed by atoms with Crippen LogP contribution in [0.15, 0.2) is 69.2 Å². The van der Waals surface area contributed by atoms with Crippen LogP contribution in [0, 0.1) is 20.8 Å². The molecule has 4 aromatic rings. The molecule has 0 amide bonds. The fraction of sp³-hybridized carbons (Fsp3) is 0.208. The number of fused-ring (bicyclic) bond motifs is 1. The van der Waals surface area contributed by atoms with E-state index in [1.807, 2.05) is 13.0 Å². The Bertz CT molecular complexity index is 1160. The summed E-state index contributed by atoms with van der Waals surface area (Å²) < 4.78 is 5.43. The number of benzene rings is 2. The van der Waals surface area contributed by atoms with Gasteiger partial charge in [-0.05, 0) is 66.6 Å². The molecule has 0 spiro atoms. The maximum Gasteiger partial charge on any atom is 0.336 e. The molecule has 0 aliphatic heterocycles. The van der Waals surface area contributed by atoms with Gasteiger partial charge in [-0.2, -0.15) is 0 Å². The largest absolute Gasteiger partial charge is 0.423 e. The van der Waals surface area contributed by atoms with Crippen molar-refractivity contribution in [1.82, 2.24) is 5.32 Å². The molecule has 0 bridgehead atoms. The number of aryl methyl sites for hydroxylation is 3. The quantitative estimate of drug-likeness (QED) is 0.448. The highest BCUT2D eigenvalue weighted by molar-refractivity contribution is 7.10. The van der Waals surface area contributed by atoms with E-state index in [1.165, 1.54) is 21.6 Å². The zero-order valence-corrected chi connectivity index (χ0v) is 17.1. The van der Waals surface area contributed by atoms with Crippen molar-refractivity contribution in [2.24, 2.45) is 0 Å². The number of thiophene rings is 1. The molecule has 2 heterocycles. The summed E-state index contributed by atoms with van der Waals surface area (Å²) in [7, 11) is 0. The second-order valence-corrected chi connectivity index (χ2v) is 8.24. The lowest BCUT2D eigenvalue weighted by Crippen LogP contribution is -2.22. The molecule has 4 rings (SSSR count). The first-order valence-electron chi connectivity index (χ1n) is 9.38. The molecule has 1 atom stereocenters. The predicted molar refractivity (Wildman–Crippen MR) is 116 cm³/mol. The minimum Gasteiger partial charge on any atom is -0.423 e. The summed E-state index contributed by atoms with van der Waals surface area (Å²) in [6.45, 7) is 6.79. The molecular formula is C24H23NO2S. The Hall–Kier alpha value is -2.69. The standard InChI is InChI=1S/C24H23NO2S/c1-15-6-8-18(9-7-15)24(22-5-4-10-28-22)25-14-19-13-23(26)27-21-12-17(3)16(2)11-20(19)21/h4-13,24-25H,14H2,1-3H3/t24-/m1/s1. The smallest absolute Gasteiger partial charge is 0.336 e. The van der Waals surface area contributed by atoms with Gasteiger partial charge in [0.1, 0.15) is 5.58 Å². The van der Waals surface area contributed by atoms with Gasteiger partial charge in [0.25, 0.3) is 0 Å². The van der Waals surface area contributed by atoms with Crippen LogP contribution in [0.2, 0.25) is 0 Å². The Morgan fingerprint density at radius 3 is 2.46 bits per heavy atom. The van der Waals surface area contributed by atoms with Crippen LogP contribution in [0.3, 0.4) is 0 Å². The van der Waals surface area contributed by atoms with E-state index in [1.54, 1.807) is 17.4 Å². The van der Waals surface area contributed by atoms with E-state index in [-0.39, 0.29) is 11.7 Å². The molecule has 0 saturated heterocycles. The van der Waals surface area contributed by atoms with E-state index in [0.717, 1.165) is 16.5 Å². The van der Waals surface area contributed by atoms with E-state index in [2.05, 4.69) is 67.0 Å². The van der Waals surface area contributed by atoms with Gasteiger partial charge in [-0.1, -0.05) is 35.9 Å². The third-order valence-corrected chi connectivity index (χ3v) is 6.12. The van der Waals surface area contributed by atoms with Crippen LogP contribution in [0.4, 0.5) is 0 Å². The summed E-state index contributed by atoms with van der Waals surface area (Å²) in [6.07, 6.45) is 0. The zero-order valence-electron chi connectivity index (χ0n) is 16.3. The molecule has 1 N–H and O–H groups in total. The van der Waals surface area contributed by atoms with Gasteiger partial charge >= 0.3 is 5.63 Å². The highest BCUT2D eigenvalue weighted by Crippen LogP contribution is 2.28. The molecule has 4 heteroatoms. The van der Waals surface area contributed by atoms with Gasteiger partial charge in [-0.25, -0.2) is 4.79 Å². The molecule has 142 valence electrons. The monoisotopic (exact) mass is 389 g/mol. The van der Waals surface area contributed by atoms with Crippen molar-refractivity contribution in [2.75, 3.05) is 0 Å². The summed E-state index contributed by atoms with van der Waals surface area (Å²) in [5, 5.41) is 6.74. The van der Waals surface area contributed by atoms with Crippen LogP contribution in [0.1, 0.15) is 38.7 Å². The van der Waals surface area contributed by atoms with Crippen molar-refractivity contribution in [1.29, 1.82) is 0 Å². The second-order valence-electron chi connectivity index (χ2n) is 7.26. The highest BCUT2D eigenvalue weighted by Gasteiger charge is 2.16. The molecule has 0 radical (unpaired) electrons. The number of hydrogen-bond donors (Lipinski definition) is 1. The Kier molecular flexibility index (Phi) is 5.16. The Morgan fingerprint density at radius 1 is 1.00 bits per heavy atom. The normalized spacial score (nSPS) is 12.4. The SMILES string of the molecule is Cc1ccc([C@@H](NCc2cc(=O)oc3cc(C)c(C)cc23)c2cccs2)cc1. The lowest BCUT2D eigenvalue weighted by atomic mass is 10.0. The second kappa shape index (κ2) is 7.74. The number of hydrogen-bond acceptors (Lipinski definition) is 4. The van der Waals surface area contributed by atoms with Crippen molar-refractivity contribution >= 4 is 22.3 Å². The molecule has 3 nitrogen and oxygen atoms in total. The van der Waals surface area contributed by atoms with Crippen LogP contribution >= 0.6 is 11.3 Å². The Labute approximate surface area is 168 Å². The van der Waals surface area contributed by atoms with Crippen molar-refractivity contribution in [3.05, 3.63) is 103 Å². The van der Waals surface area contributed by atoms with E-state index in [4.69, 9.17) is 4.42 Å². The third-order valence-electron chi connectivity index (χ3n) is 5.18. The van der Waals surface area contributed by atoms with Gasteiger partial charge in [0.05, 0.1) is 6.04 Å². The summed E-state index contributed by atoms with van der Waals surface area (Å²) in [4.78, 5) is 13.3. The first kappa shape index (κ1) is 18.7. The fourth-order valence-corrected chi connectivity index (χ4v) is 4.27. The van der Waals surface area contributed by atoms with Crippen LogP contribution in [-0.4, -0.2) is 0 Å². The van der Waals surface area contributed by atoms with Gasteiger partial charge in [0.2, 0.25) is 0 Å². The van der Waals surface area contributed by atoms with Gasteiger partial charge < -0.3 is 9.73 Å². The Morgan fingerprint density at radius 2 is 1.75 bits per heavy atom. The molecule has 28 heavy (non-hydrogen) atoms. The Balaban J connectivity index is 1.70. The average Bonchev–Trinajstić information content (AvgIpc) is 3.19. The molecule has 0 fully saturated rings. The lowest BCUT2D eigenvalue weighted by Gasteiger charge is -2.19. The molecular weight excluding hydrogens is 366 g/mol. The van der Waals surface area contributed by atoms with Crippen molar-refractivity contribution in [2.45, 2.75) is 33.4 Å². The first-order chi connectivity index (χ1) is 13.5. The fourth-order valence-electron chi connectivity index (χ4n) is 3.44. The van der Waals surface area contributed by atoms with E-state index >= 15 is 0 Å². The molecule has 2 aromatic carbocycles. The molecule has 0 aliphatic rings. The van der Waals surface area contributed by atoms with Crippen LogP contribution < -0.4 is 10.9 Å². The summed E-state index contributed by atoms with van der Waals surface area (Å²) >= 11 is 1.73. The minimum absolute atomic E-state index is 0.0782. The summed E-state index contributed by atoms with van der Waals surface area (Å²) in [6, 6.07) is 18.6. The third kappa shape index (κ3) is 3.79. The molecule has 0 unspecified atom stereocenters. The van der Waals surface area contributed by atoms with Gasteiger partial charge in [0, 0.05) is 22.9 Å². The van der Waals surface area contributed by atoms with Gasteiger partial charge in [-0.3, -0.25) is 0 Å². The lowest BCUT2D eigenvalue weighted by molar-refractivity contribution is 0.553. The summed E-state index contributed by atoms with van der Waals surface area (Å²) in [5.41, 5.74) is 6.07. The summed E-state index contributed by atoms with van der Waals surface area (Å²) in [5.74, 6) is 0. The maximum atomic E-state index is 12.1. The average molecular weight is 390 g/mol. The highest BCUT2D eigenvalue weighted by atomic mass is 32.1. The number of rotatable bonds is 5. The van der Waals surface area contributed by atoms with E-state index < -0.39 is 0 Å². The predicted octanol–water partition coefficient (Wildman–Crippen LogP) is 5.66. The maximum absolute atomic E-state index is 12.1. The topological polar surface area (TPSA) is 42.2 Å². The van der Waals surface area contributed by atoms with Crippen LogP contribution in [0.5, 0.6) is 0 Å². The zero-order chi connectivity index (χ0) is 19.7. The molecule has 2 aromatic heterocycles. The van der Waals surface area contributed by atoms with Gasteiger partial charge in [0.15, 0.2) is 0 Å². The number of nitrogens with one attached hydrogen (secondary N) is 1. The first-order valence-corrected chi connectivity index (χ1v) is 10.3. The van der Waals surface area contributed by atoms with E-state index in [0.29, 0.717) is 12.1 Å². The van der Waals surface area contributed by atoms with Crippen molar-refractivity contribution < 1.29 is 4.42 Å². The van der Waals surface area contributed by atoms with Crippen LogP contribution in [0.25, 0.3) is 11.0 Å². The van der Waals surface area contributed by atoms with Gasteiger partial charge in [-0.15, -0.1) is 11.3 Å². The molecule has 0 saturated carbocycles. The van der Waals surface area contributed by atoms with Crippen LogP contribution in [-0.2, 0) is 6.54 Å².